The molecule has 0 spiro atoms. The summed E-state index contributed by atoms with van der Waals surface area (Å²) >= 11 is 7.86. The zero-order valence-corrected chi connectivity index (χ0v) is 18.6. The fraction of sp³-hybridized carbons (Fsp3) is 0.450. The summed E-state index contributed by atoms with van der Waals surface area (Å²) in [5, 5.41) is 5.89. The molecule has 1 aromatic heterocycles. The molecule has 0 aliphatic heterocycles. The number of halogens is 1. The highest BCUT2D eigenvalue weighted by atomic mass is 35.5. The maximum absolute atomic E-state index is 12.4. The number of anilines is 2. The second-order valence-electron chi connectivity index (χ2n) is 6.80. The predicted octanol–water partition coefficient (Wildman–Crippen LogP) is 2.64. The third-order valence-electron chi connectivity index (χ3n) is 4.38. The topological polar surface area (TPSA) is 66.7 Å². The summed E-state index contributed by atoms with van der Waals surface area (Å²) < 4.78 is 0. The predicted molar refractivity (Wildman–Crippen MR) is 115 cm³/mol. The minimum atomic E-state index is -0.142. The number of benzene rings is 1. The Labute approximate surface area is 175 Å². The summed E-state index contributed by atoms with van der Waals surface area (Å²) in [5.41, 5.74) is 3.49. The van der Waals surface area contributed by atoms with Crippen molar-refractivity contribution in [2.75, 3.05) is 24.5 Å². The summed E-state index contributed by atoms with van der Waals surface area (Å²) in [4.78, 5) is 31.6. The van der Waals surface area contributed by atoms with Crippen molar-refractivity contribution in [3.05, 3.63) is 39.4 Å². The molecule has 152 valence electrons. The molecule has 0 radical (unpaired) electrons. The molecule has 2 N–H and O–H groups in total. The van der Waals surface area contributed by atoms with E-state index in [1.54, 1.807) is 4.90 Å². The molecular formula is C20H28ClN4O2S+. The lowest BCUT2D eigenvalue weighted by Crippen LogP contribution is -3.11. The zero-order valence-electron chi connectivity index (χ0n) is 17.1. The van der Waals surface area contributed by atoms with Gasteiger partial charge in [0.1, 0.15) is 12.2 Å². The number of aromatic nitrogens is 1. The average Bonchev–Trinajstić information content (AvgIpc) is 3.05. The zero-order chi connectivity index (χ0) is 20.8. The van der Waals surface area contributed by atoms with Crippen molar-refractivity contribution in [3.8, 4) is 0 Å². The first-order chi connectivity index (χ1) is 13.3. The highest BCUT2D eigenvalue weighted by molar-refractivity contribution is 7.14. The van der Waals surface area contributed by atoms with Crippen LogP contribution in [0.15, 0.2) is 17.5 Å². The Balaban J connectivity index is 2.27. The fourth-order valence-corrected chi connectivity index (χ4v) is 4.39. The second-order valence-corrected chi connectivity index (χ2v) is 8.04. The van der Waals surface area contributed by atoms with Crippen LogP contribution in [-0.4, -0.2) is 36.4 Å². The maximum atomic E-state index is 12.4. The van der Waals surface area contributed by atoms with Crippen LogP contribution in [0.3, 0.4) is 0 Å². The lowest BCUT2D eigenvalue weighted by atomic mass is 10.1. The molecule has 2 amide bonds. The van der Waals surface area contributed by atoms with E-state index >= 15 is 0 Å². The minimum absolute atomic E-state index is 0.0298. The molecule has 6 nitrogen and oxygen atoms in total. The van der Waals surface area contributed by atoms with Crippen molar-refractivity contribution in [2.24, 2.45) is 0 Å². The lowest BCUT2D eigenvalue weighted by molar-refractivity contribution is -0.904. The Hall–Kier alpha value is -1.96. The Morgan fingerprint density at radius 2 is 2.00 bits per heavy atom. The number of rotatable bonds is 8. The van der Waals surface area contributed by atoms with Crippen molar-refractivity contribution >= 4 is 45.6 Å². The van der Waals surface area contributed by atoms with Gasteiger partial charge in [-0.15, -0.1) is 11.3 Å². The van der Waals surface area contributed by atoms with E-state index < -0.39 is 0 Å². The Kier molecular flexibility index (Phi) is 7.98. The number of nitrogens with one attached hydrogen (secondary N) is 2. The van der Waals surface area contributed by atoms with E-state index in [-0.39, 0.29) is 11.8 Å². The Morgan fingerprint density at radius 1 is 1.29 bits per heavy atom. The number of carbonyl (C=O) groups excluding carboxylic acids is 2. The first-order valence-electron chi connectivity index (χ1n) is 9.38. The van der Waals surface area contributed by atoms with Crippen LogP contribution >= 0.6 is 22.9 Å². The van der Waals surface area contributed by atoms with Gasteiger partial charge in [0, 0.05) is 18.8 Å². The van der Waals surface area contributed by atoms with Crippen LogP contribution in [0.1, 0.15) is 37.6 Å². The van der Waals surface area contributed by atoms with Gasteiger partial charge < -0.3 is 10.2 Å². The lowest BCUT2D eigenvalue weighted by Gasteiger charge is -2.22. The average molecular weight is 424 g/mol. The van der Waals surface area contributed by atoms with E-state index in [0.717, 1.165) is 28.3 Å². The molecule has 1 atom stereocenters. The molecule has 1 heterocycles. The van der Waals surface area contributed by atoms with Crippen molar-refractivity contribution in [2.45, 2.75) is 41.2 Å². The standard InChI is InChI=1S/C20H27ClN4O2S/c1-6-22-18(27)11-24(7-2)10-16-12-28-20(23-16)25(15(5)26)19-14(4)8-13(3)9-17(19)21/h8-9,12H,6-7,10-11H2,1-5H3,(H,22,27)/p+1. The SMILES string of the molecule is CCNC(=O)C[NH+](CC)Cc1csc(N(C(C)=O)c2c(C)cc(C)cc2Cl)n1. The quantitative estimate of drug-likeness (QED) is 0.685. The van der Waals surface area contributed by atoms with Gasteiger partial charge in [-0.25, -0.2) is 4.98 Å². The van der Waals surface area contributed by atoms with Crippen LogP contribution < -0.4 is 15.1 Å². The highest BCUT2D eigenvalue weighted by Gasteiger charge is 2.23. The monoisotopic (exact) mass is 423 g/mol. The second kappa shape index (κ2) is 10.0. The molecular weight excluding hydrogens is 396 g/mol. The molecule has 2 aromatic rings. The number of aryl methyl sites for hydroxylation is 2. The number of amides is 2. The van der Waals surface area contributed by atoms with Gasteiger partial charge in [0.15, 0.2) is 11.7 Å². The third kappa shape index (κ3) is 5.53. The Bertz CT molecular complexity index is 829. The van der Waals surface area contributed by atoms with Crippen molar-refractivity contribution < 1.29 is 14.5 Å². The molecule has 1 aromatic carbocycles. The first kappa shape index (κ1) is 22.3. The summed E-state index contributed by atoms with van der Waals surface area (Å²) in [6.07, 6.45) is 0. The van der Waals surface area contributed by atoms with E-state index in [1.165, 1.54) is 18.3 Å². The van der Waals surface area contributed by atoms with Gasteiger partial charge in [-0.1, -0.05) is 17.7 Å². The van der Waals surface area contributed by atoms with Gasteiger partial charge in [0.2, 0.25) is 5.91 Å². The van der Waals surface area contributed by atoms with Crippen LogP contribution in [0, 0.1) is 13.8 Å². The van der Waals surface area contributed by atoms with Crippen LogP contribution in [-0.2, 0) is 16.1 Å². The van der Waals surface area contributed by atoms with Gasteiger partial charge in [0.05, 0.1) is 17.3 Å². The number of hydrogen-bond acceptors (Lipinski definition) is 4. The van der Waals surface area contributed by atoms with Gasteiger partial charge in [-0.05, 0) is 44.9 Å². The van der Waals surface area contributed by atoms with Crippen molar-refractivity contribution in [3.63, 3.8) is 0 Å². The summed E-state index contributed by atoms with van der Waals surface area (Å²) in [6, 6.07) is 3.85. The van der Waals surface area contributed by atoms with Crippen LogP contribution in [0.25, 0.3) is 0 Å². The summed E-state index contributed by atoms with van der Waals surface area (Å²) in [6.45, 7) is 11.8. The maximum Gasteiger partial charge on any atom is 0.275 e. The van der Waals surface area contributed by atoms with E-state index in [4.69, 9.17) is 11.6 Å². The highest BCUT2D eigenvalue weighted by Crippen LogP contribution is 2.37. The molecule has 0 aliphatic carbocycles. The van der Waals surface area contributed by atoms with Gasteiger partial charge in [-0.3, -0.25) is 14.5 Å². The minimum Gasteiger partial charge on any atom is -0.351 e. The molecule has 0 fully saturated rings. The third-order valence-corrected chi connectivity index (χ3v) is 5.55. The van der Waals surface area contributed by atoms with Gasteiger partial charge in [0.25, 0.3) is 5.91 Å². The summed E-state index contributed by atoms with van der Waals surface area (Å²) in [5.74, 6) is -0.112. The summed E-state index contributed by atoms with van der Waals surface area (Å²) in [7, 11) is 0. The van der Waals surface area contributed by atoms with E-state index in [2.05, 4.69) is 10.3 Å². The first-order valence-corrected chi connectivity index (χ1v) is 10.6. The molecule has 28 heavy (non-hydrogen) atoms. The fourth-order valence-electron chi connectivity index (χ4n) is 3.11. The molecule has 0 saturated heterocycles. The van der Waals surface area contributed by atoms with E-state index in [9.17, 15) is 9.59 Å². The molecule has 0 aliphatic rings. The van der Waals surface area contributed by atoms with E-state index in [1.807, 2.05) is 45.2 Å². The van der Waals surface area contributed by atoms with Crippen LogP contribution in [0.2, 0.25) is 5.02 Å². The van der Waals surface area contributed by atoms with Gasteiger partial charge >= 0.3 is 0 Å². The van der Waals surface area contributed by atoms with Crippen LogP contribution in [0.5, 0.6) is 0 Å². The van der Waals surface area contributed by atoms with Crippen molar-refractivity contribution in [1.82, 2.24) is 10.3 Å². The number of quaternary nitrogens is 1. The van der Waals surface area contributed by atoms with Gasteiger partial charge in [-0.2, -0.15) is 0 Å². The molecule has 0 saturated carbocycles. The Morgan fingerprint density at radius 3 is 2.57 bits per heavy atom. The number of hydrogen-bond donors (Lipinski definition) is 2. The number of nitrogens with zero attached hydrogens (tertiary/aromatic N) is 2. The largest absolute Gasteiger partial charge is 0.351 e. The van der Waals surface area contributed by atoms with Crippen LogP contribution in [0.4, 0.5) is 10.8 Å². The molecule has 0 bridgehead atoms. The normalized spacial score (nSPS) is 11.9. The van der Waals surface area contributed by atoms with E-state index in [0.29, 0.717) is 35.5 Å². The number of carbonyl (C=O) groups is 2. The number of thiazole rings is 1. The molecule has 8 heteroatoms. The molecule has 1 unspecified atom stereocenters. The molecule has 2 rings (SSSR count). The van der Waals surface area contributed by atoms with Crippen molar-refractivity contribution in [1.29, 1.82) is 0 Å². The smallest absolute Gasteiger partial charge is 0.275 e. The number of likely N-dealkylation sites (N-methyl/N-ethyl adjacent to an activating group) is 2.